The number of nitrogens with one attached hydrogen (secondary N) is 1. The summed E-state index contributed by atoms with van der Waals surface area (Å²) in [5, 5.41) is 0.311. The Kier molecular flexibility index (Phi) is 5.17. The summed E-state index contributed by atoms with van der Waals surface area (Å²) in [4.78, 5) is 18.1. The van der Waals surface area contributed by atoms with Gasteiger partial charge in [0.15, 0.2) is 0 Å². The van der Waals surface area contributed by atoms with Gasteiger partial charge in [0.25, 0.3) is 5.91 Å². The number of pyridine rings is 1. The Morgan fingerprint density at radius 1 is 1.60 bits per heavy atom. The Morgan fingerprint density at radius 2 is 2.40 bits per heavy atom. The van der Waals surface area contributed by atoms with E-state index in [1.165, 1.54) is 0 Å². The highest BCUT2D eigenvalue weighted by molar-refractivity contribution is 6.33. The second-order valence-corrected chi connectivity index (χ2v) is 5.25. The van der Waals surface area contributed by atoms with Crippen LogP contribution >= 0.6 is 11.6 Å². The number of likely N-dealkylation sites (N-methyl/N-ethyl adjacent to an activating group) is 1. The number of amides is 1. The Morgan fingerprint density at radius 3 is 3.05 bits per heavy atom. The average molecular weight is 299 g/mol. The summed E-state index contributed by atoms with van der Waals surface area (Å²) < 4.78 is 5.63. The molecule has 0 spiro atoms. The van der Waals surface area contributed by atoms with Crippen LogP contribution in [0.2, 0.25) is 5.02 Å². The summed E-state index contributed by atoms with van der Waals surface area (Å²) in [7, 11) is 1.72. The van der Waals surface area contributed by atoms with Gasteiger partial charge in [0.1, 0.15) is 11.5 Å². The van der Waals surface area contributed by atoms with Crippen molar-refractivity contribution >= 4 is 23.3 Å². The van der Waals surface area contributed by atoms with Crippen LogP contribution in [-0.4, -0.2) is 42.1 Å². The van der Waals surface area contributed by atoms with Crippen molar-refractivity contribution in [1.82, 2.24) is 9.88 Å². The number of ether oxygens (including phenoxy) is 1. The monoisotopic (exact) mass is 298 g/mol. The maximum absolute atomic E-state index is 12.4. The number of carbonyl (C=O) groups excluding carboxylic acids is 1. The van der Waals surface area contributed by atoms with Crippen LogP contribution in [0.15, 0.2) is 12.1 Å². The number of hydrazine groups is 1. The second kappa shape index (κ2) is 6.88. The number of aromatic nitrogens is 1. The van der Waals surface area contributed by atoms with Crippen molar-refractivity contribution in [2.24, 2.45) is 5.84 Å². The lowest BCUT2D eigenvalue weighted by atomic mass is 10.1. The van der Waals surface area contributed by atoms with Gasteiger partial charge in [0.05, 0.1) is 11.1 Å². The minimum Gasteiger partial charge on any atom is -0.376 e. The first kappa shape index (κ1) is 15.0. The Bertz CT molecular complexity index is 477. The number of nitrogens with two attached hydrogens (primary N) is 1. The van der Waals surface area contributed by atoms with Crippen molar-refractivity contribution in [3.63, 3.8) is 0 Å². The number of carbonyl (C=O) groups is 1. The van der Waals surface area contributed by atoms with Gasteiger partial charge >= 0.3 is 0 Å². The van der Waals surface area contributed by atoms with Gasteiger partial charge in [0, 0.05) is 20.2 Å². The highest BCUT2D eigenvalue weighted by Gasteiger charge is 2.22. The van der Waals surface area contributed by atoms with Gasteiger partial charge in [-0.05, 0) is 31.4 Å². The van der Waals surface area contributed by atoms with Crippen LogP contribution in [0.3, 0.4) is 0 Å². The lowest BCUT2D eigenvalue weighted by Crippen LogP contribution is -2.37. The third-order valence-corrected chi connectivity index (χ3v) is 3.60. The topological polar surface area (TPSA) is 80.5 Å². The molecular formula is C13H19ClN4O2. The van der Waals surface area contributed by atoms with Crippen molar-refractivity contribution in [2.75, 3.05) is 25.6 Å². The van der Waals surface area contributed by atoms with E-state index in [9.17, 15) is 4.79 Å². The van der Waals surface area contributed by atoms with Crippen LogP contribution in [0.4, 0.5) is 5.82 Å². The van der Waals surface area contributed by atoms with Gasteiger partial charge in [-0.1, -0.05) is 11.6 Å². The maximum atomic E-state index is 12.4. The fraction of sp³-hybridized carbons (Fsp3) is 0.538. The molecule has 1 unspecified atom stereocenters. The average Bonchev–Trinajstić information content (AvgIpc) is 2.48. The molecule has 20 heavy (non-hydrogen) atoms. The zero-order valence-electron chi connectivity index (χ0n) is 11.4. The minimum atomic E-state index is -0.235. The van der Waals surface area contributed by atoms with Crippen molar-refractivity contribution in [1.29, 1.82) is 0 Å². The van der Waals surface area contributed by atoms with Crippen molar-refractivity contribution < 1.29 is 9.53 Å². The highest BCUT2D eigenvalue weighted by atomic mass is 35.5. The molecule has 6 nitrogen and oxygen atoms in total. The first-order valence-corrected chi connectivity index (χ1v) is 7.00. The van der Waals surface area contributed by atoms with Crippen molar-refractivity contribution in [3.8, 4) is 0 Å². The molecule has 1 aromatic heterocycles. The third kappa shape index (κ3) is 3.59. The van der Waals surface area contributed by atoms with E-state index in [1.807, 2.05) is 0 Å². The van der Waals surface area contributed by atoms with E-state index >= 15 is 0 Å². The molecule has 1 fully saturated rings. The largest absolute Gasteiger partial charge is 0.376 e. The van der Waals surface area contributed by atoms with Gasteiger partial charge in [-0.2, -0.15) is 0 Å². The predicted molar refractivity (Wildman–Crippen MR) is 77.6 cm³/mol. The van der Waals surface area contributed by atoms with E-state index in [4.69, 9.17) is 22.2 Å². The van der Waals surface area contributed by atoms with E-state index in [-0.39, 0.29) is 17.7 Å². The summed E-state index contributed by atoms with van der Waals surface area (Å²) in [5.74, 6) is 5.46. The molecule has 1 aliphatic rings. The summed E-state index contributed by atoms with van der Waals surface area (Å²) >= 11 is 6.03. The predicted octanol–water partition coefficient (Wildman–Crippen LogP) is 1.66. The first-order chi connectivity index (χ1) is 9.61. The molecule has 110 valence electrons. The van der Waals surface area contributed by atoms with Gasteiger partial charge in [-0.15, -0.1) is 0 Å². The van der Waals surface area contributed by atoms with Crippen LogP contribution < -0.4 is 11.3 Å². The zero-order chi connectivity index (χ0) is 14.5. The van der Waals surface area contributed by atoms with Crippen LogP contribution in [-0.2, 0) is 4.74 Å². The Hall–Kier alpha value is -1.37. The van der Waals surface area contributed by atoms with Crippen LogP contribution in [0.25, 0.3) is 0 Å². The fourth-order valence-corrected chi connectivity index (χ4v) is 2.38. The number of halogens is 1. The third-order valence-electron chi connectivity index (χ3n) is 3.29. The minimum absolute atomic E-state index is 0.0901. The van der Waals surface area contributed by atoms with Crippen LogP contribution in [0.1, 0.15) is 29.8 Å². The zero-order valence-corrected chi connectivity index (χ0v) is 12.2. The Labute approximate surface area is 123 Å². The molecule has 0 bridgehead atoms. The lowest BCUT2D eigenvalue weighted by Gasteiger charge is -2.27. The molecule has 1 atom stereocenters. The number of nitrogens with zero attached hydrogens (tertiary/aromatic N) is 2. The molecule has 2 rings (SSSR count). The second-order valence-electron chi connectivity index (χ2n) is 4.85. The van der Waals surface area contributed by atoms with Gasteiger partial charge in [0.2, 0.25) is 0 Å². The molecule has 1 aliphatic heterocycles. The van der Waals surface area contributed by atoms with Crippen LogP contribution in [0.5, 0.6) is 0 Å². The molecular weight excluding hydrogens is 280 g/mol. The standard InChI is InChI=1S/C13H19ClN4O2/c1-18(8-9-4-2-3-7-20-9)13(19)12-10(14)5-6-11(16-12)17-15/h5-6,9H,2-4,7-8,15H2,1H3,(H,16,17). The van der Waals surface area contributed by atoms with Crippen LogP contribution in [0, 0.1) is 0 Å². The van der Waals surface area contributed by atoms with Crippen molar-refractivity contribution in [3.05, 3.63) is 22.8 Å². The quantitative estimate of drug-likeness (QED) is 0.653. The summed E-state index contributed by atoms with van der Waals surface area (Å²) in [6.45, 7) is 1.30. The van der Waals surface area contributed by atoms with Gasteiger partial charge < -0.3 is 15.1 Å². The number of anilines is 1. The Balaban J connectivity index is 2.05. The fourth-order valence-electron chi connectivity index (χ4n) is 2.19. The molecule has 2 heterocycles. The molecule has 1 saturated heterocycles. The molecule has 0 aliphatic carbocycles. The molecule has 7 heteroatoms. The number of nitrogen functional groups attached to an aromatic ring is 1. The SMILES string of the molecule is CN(CC1CCCCO1)C(=O)c1nc(NN)ccc1Cl. The smallest absolute Gasteiger partial charge is 0.273 e. The highest BCUT2D eigenvalue weighted by Crippen LogP contribution is 2.19. The van der Waals surface area contributed by atoms with E-state index < -0.39 is 0 Å². The van der Waals surface area contributed by atoms with Crippen molar-refractivity contribution in [2.45, 2.75) is 25.4 Å². The molecule has 0 aromatic carbocycles. The van der Waals surface area contributed by atoms with E-state index in [0.717, 1.165) is 25.9 Å². The van der Waals surface area contributed by atoms with E-state index in [2.05, 4.69) is 10.4 Å². The van der Waals surface area contributed by atoms with E-state index in [1.54, 1.807) is 24.1 Å². The van der Waals surface area contributed by atoms with Gasteiger partial charge in [-0.25, -0.2) is 10.8 Å². The number of rotatable bonds is 4. The first-order valence-electron chi connectivity index (χ1n) is 6.62. The molecule has 0 radical (unpaired) electrons. The summed E-state index contributed by atoms with van der Waals surface area (Å²) in [6, 6.07) is 3.21. The summed E-state index contributed by atoms with van der Waals surface area (Å²) in [5.41, 5.74) is 2.60. The van der Waals surface area contributed by atoms with Gasteiger partial charge in [-0.3, -0.25) is 4.79 Å². The number of hydrogen-bond acceptors (Lipinski definition) is 5. The maximum Gasteiger partial charge on any atom is 0.273 e. The normalized spacial score (nSPS) is 18.6. The number of hydrogen-bond donors (Lipinski definition) is 2. The molecule has 3 N–H and O–H groups in total. The molecule has 1 amide bonds. The van der Waals surface area contributed by atoms with E-state index in [0.29, 0.717) is 17.4 Å². The summed E-state index contributed by atoms with van der Waals surface area (Å²) in [6.07, 6.45) is 3.29. The lowest BCUT2D eigenvalue weighted by molar-refractivity contribution is -0.000284. The molecule has 1 aromatic rings. The molecule has 0 saturated carbocycles.